The summed E-state index contributed by atoms with van der Waals surface area (Å²) in [6, 6.07) is 6.03. The maximum atomic E-state index is 12.8. The Kier molecular flexibility index (Phi) is 7.48. The van der Waals surface area contributed by atoms with Gasteiger partial charge in [-0.25, -0.2) is 4.79 Å². The van der Waals surface area contributed by atoms with E-state index in [9.17, 15) is 10.1 Å². The Bertz CT molecular complexity index is 1180. The molecule has 0 spiro atoms. The number of benzene rings is 1. The molecule has 0 unspecified atom stereocenters. The number of nitriles is 1. The van der Waals surface area contributed by atoms with Crippen molar-refractivity contribution in [1.82, 2.24) is 19.8 Å². The van der Waals surface area contributed by atoms with Gasteiger partial charge in [-0.3, -0.25) is 0 Å². The van der Waals surface area contributed by atoms with Crippen LogP contribution in [0.1, 0.15) is 53.0 Å². The highest BCUT2D eigenvalue weighted by Gasteiger charge is 2.36. The first-order valence-electron chi connectivity index (χ1n) is 12.5. The average Bonchev–Trinajstić information content (AvgIpc) is 3.21. The number of hydrogen-bond donors (Lipinski definition) is 0. The maximum absolute atomic E-state index is 12.8. The molecule has 2 fully saturated rings. The van der Waals surface area contributed by atoms with Gasteiger partial charge in [0.05, 0.1) is 16.1 Å². The number of piperazine rings is 1. The quantitative estimate of drug-likeness (QED) is 0.590. The normalized spacial score (nSPS) is 23.1. The number of amides is 1. The van der Waals surface area contributed by atoms with Crippen LogP contribution in [-0.4, -0.2) is 82.9 Å². The molecule has 2 aromatic rings. The van der Waals surface area contributed by atoms with Crippen molar-refractivity contribution in [3.63, 3.8) is 0 Å². The number of ether oxygens (including phenoxy) is 2. The largest absolute Gasteiger partial charge is 0.462 e. The highest BCUT2D eigenvalue weighted by atomic mass is 35.5. The van der Waals surface area contributed by atoms with Gasteiger partial charge in [-0.05, 0) is 73.2 Å². The minimum absolute atomic E-state index is 0.0538. The van der Waals surface area contributed by atoms with E-state index in [0.717, 1.165) is 24.8 Å². The first-order chi connectivity index (χ1) is 17.0. The van der Waals surface area contributed by atoms with E-state index in [1.807, 2.05) is 34.6 Å². The second kappa shape index (κ2) is 10.3. The number of anilines is 1. The molecule has 1 aromatic carbocycles. The van der Waals surface area contributed by atoms with E-state index in [1.54, 1.807) is 17.0 Å². The molecule has 0 N–H and O–H groups in total. The third-order valence-corrected chi connectivity index (χ3v) is 7.14. The molecule has 194 valence electrons. The molecule has 2 aliphatic heterocycles. The van der Waals surface area contributed by atoms with Gasteiger partial charge < -0.3 is 24.2 Å². The predicted molar refractivity (Wildman–Crippen MR) is 140 cm³/mol. The van der Waals surface area contributed by atoms with Gasteiger partial charge in [0.25, 0.3) is 0 Å². The smallest absolute Gasteiger partial charge is 0.410 e. The van der Waals surface area contributed by atoms with Crippen molar-refractivity contribution in [2.75, 3.05) is 38.2 Å². The molecule has 36 heavy (non-hydrogen) atoms. The Morgan fingerprint density at radius 2 is 1.97 bits per heavy atom. The highest BCUT2D eigenvalue weighted by Crippen LogP contribution is 2.34. The molecule has 3 heterocycles. The van der Waals surface area contributed by atoms with Crippen LogP contribution in [0.15, 0.2) is 12.1 Å². The highest BCUT2D eigenvalue weighted by molar-refractivity contribution is 6.32. The maximum Gasteiger partial charge on any atom is 0.410 e. The molecule has 0 radical (unpaired) electrons. The van der Waals surface area contributed by atoms with Crippen LogP contribution >= 0.6 is 11.6 Å². The molecule has 2 aliphatic rings. The summed E-state index contributed by atoms with van der Waals surface area (Å²) in [5.41, 5.74) is 0.420. The summed E-state index contributed by atoms with van der Waals surface area (Å²) in [5, 5.41) is 10.6. The van der Waals surface area contributed by atoms with Gasteiger partial charge in [-0.1, -0.05) is 11.6 Å². The van der Waals surface area contributed by atoms with E-state index in [4.69, 9.17) is 26.1 Å². The lowest BCUT2D eigenvalue weighted by atomic mass is 10.1. The van der Waals surface area contributed by atoms with Gasteiger partial charge in [-0.15, -0.1) is 0 Å². The van der Waals surface area contributed by atoms with Crippen molar-refractivity contribution in [1.29, 1.82) is 5.26 Å². The zero-order valence-electron chi connectivity index (χ0n) is 21.9. The van der Waals surface area contributed by atoms with Crippen LogP contribution in [-0.2, 0) is 4.74 Å². The summed E-state index contributed by atoms with van der Waals surface area (Å²) >= 11 is 6.35. The number of likely N-dealkylation sites (tertiary alicyclic amines) is 1. The summed E-state index contributed by atoms with van der Waals surface area (Å²) in [4.78, 5) is 28.5. The number of fused-ring (bicyclic) bond motifs is 1. The van der Waals surface area contributed by atoms with E-state index >= 15 is 0 Å². The lowest BCUT2D eigenvalue weighted by Gasteiger charge is -2.44. The van der Waals surface area contributed by atoms with Crippen LogP contribution in [0.25, 0.3) is 10.9 Å². The molecule has 1 aromatic heterocycles. The zero-order valence-corrected chi connectivity index (χ0v) is 22.7. The molecule has 0 bridgehead atoms. The topological polar surface area (TPSA) is 94.8 Å². The van der Waals surface area contributed by atoms with E-state index in [1.165, 1.54) is 0 Å². The molecule has 10 heteroatoms. The van der Waals surface area contributed by atoms with Crippen LogP contribution < -0.4 is 9.64 Å². The number of aromatic nitrogens is 2. The van der Waals surface area contributed by atoms with Crippen LogP contribution in [0, 0.1) is 11.3 Å². The van der Waals surface area contributed by atoms with Crippen LogP contribution in [0.5, 0.6) is 6.01 Å². The van der Waals surface area contributed by atoms with Gasteiger partial charge in [0, 0.05) is 36.6 Å². The molecule has 4 rings (SSSR count). The monoisotopic (exact) mass is 514 g/mol. The number of likely N-dealkylation sites (N-methyl/N-ethyl adjacent to an activating group) is 1. The second-order valence-electron chi connectivity index (χ2n) is 10.9. The number of nitrogens with zero attached hydrogens (tertiary/aromatic N) is 6. The van der Waals surface area contributed by atoms with Crippen molar-refractivity contribution >= 4 is 34.4 Å². The Morgan fingerprint density at radius 1 is 1.22 bits per heavy atom. The van der Waals surface area contributed by atoms with Crippen molar-refractivity contribution < 1.29 is 14.3 Å². The zero-order chi connectivity index (χ0) is 26.2. The summed E-state index contributed by atoms with van der Waals surface area (Å²) in [5.74, 6) is 0.672. The third-order valence-electron chi connectivity index (χ3n) is 6.83. The standard InChI is InChI=1S/C26H35ClN6O3/c1-16-14-33(25(34)36-26(3,4)5)17(2)13-32(16)23-20-10-18(12-28)21(27)11-22(20)29-24(30-23)35-15-19-8-7-9-31(19)6/h10-11,16-17,19H,7-9,13-15H2,1-6H3/t16-,17+,19-/m0/s1. The summed E-state index contributed by atoms with van der Waals surface area (Å²) in [6.07, 6.45) is 1.91. The lowest BCUT2D eigenvalue weighted by Crippen LogP contribution is -2.59. The summed E-state index contributed by atoms with van der Waals surface area (Å²) in [7, 11) is 2.10. The minimum Gasteiger partial charge on any atom is -0.462 e. The number of hydrogen-bond acceptors (Lipinski definition) is 8. The number of carbonyl (C=O) groups excluding carboxylic acids is 1. The molecular formula is C26H35ClN6O3. The number of halogens is 1. The second-order valence-corrected chi connectivity index (χ2v) is 11.3. The van der Waals surface area contributed by atoms with Crippen LogP contribution in [0.2, 0.25) is 5.02 Å². The number of carbonyl (C=O) groups is 1. The van der Waals surface area contributed by atoms with Crippen LogP contribution in [0.4, 0.5) is 10.6 Å². The Hall–Kier alpha value is -2.83. The van der Waals surface area contributed by atoms with E-state index in [-0.39, 0.29) is 24.2 Å². The summed E-state index contributed by atoms with van der Waals surface area (Å²) in [6.45, 7) is 12.2. The van der Waals surface area contributed by atoms with Crippen molar-refractivity contribution in [3.05, 3.63) is 22.7 Å². The third kappa shape index (κ3) is 5.60. The van der Waals surface area contributed by atoms with Gasteiger partial charge >= 0.3 is 12.1 Å². The molecule has 1 amide bonds. The molecule has 0 aliphatic carbocycles. The van der Waals surface area contributed by atoms with E-state index in [2.05, 4.69) is 27.9 Å². The first-order valence-corrected chi connectivity index (χ1v) is 12.9. The SMILES string of the molecule is C[C@@H]1CN(c2nc(OC[C@@H]3CCCN3C)nc3cc(Cl)c(C#N)cc23)[C@@H](C)CN1C(=O)OC(C)(C)C. The molecule has 0 saturated carbocycles. The molecule has 2 saturated heterocycles. The van der Waals surface area contributed by atoms with Crippen LogP contribution in [0.3, 0.4) is 0 Å². The Morgan fingerprint density at radius 3 is 2.61 bits per heavy atom. The van der Waals surface area contributed by atoms with Crippen molar-refractivity contribution in [2.45, 2.75) is 71.2 Å². The van der Waals surface area contributed by atoms with Gasteiger partial charge in [0.2, 0.25) is 0 Å². The van der Waals surface area contributed by atoms with Crippen molar-refractivity contribution in [3.8, 4) is 12.1 Å². The molecular weight excluding hydrogens is 480 g/mol. The van der Waals surface area contributed by atoms with Gasteiger partial charge in [0.15, 0.2) is 0 Å². The summed E-state index contributed by atoms with van der Waals surface area (Å²) < 4.78 is 11.7. The Balaban J connectivity index is 1.67. The lowest BCUT2D eigenvalue weighted by molar-refractivity contribution is 0.0130. The first kappa shape index (κ1) is 26.2. The van der Waals surface area contributed by atoms with Gasteiger partial charge in [0.1, 0.15) is 24.1 Å². The fourth-order valence-corrected chi connectivity index (χ4v) is 5.04. The fraction of sp³-hybridized carbons (Fsp3) is 0.615. The predicted octanol–water partition coefficient (Wildman–Crippen LogP) is 4.46. The number of rotatable bonds is 4. The minimum atomic E-state index is -0.563. The van der Waals surface area contributed by atoms with E-state index in [0.29, 0.717) is 47.7 Å². The van der Waals surface area contributed by atoms with E-state index < -0.39 is 5.60 Å². The van der Waals surface area contributed by atoms with Crippen molar-refractivity contribution in [2.24, 2.45) is 0 Å². The Labute approximate surface area is 217 Å². The van der Waals surface area contributed by atoms with Gasteiger partial charge in [-0.2, -0.15) is 15.2 Å². The molecule has 9 nitrogen and oxygen atoms in total. The fourth-order valence-electron chi connectivity index (χ4n) is 4.84. The average molecular weight is 515 g/mol. The molecule has 3 atom stereocenters.